The van der Waals surface area contributed by atoms with Gasteiger partial charge >= 0.3 is 0 Å². The summed E-state index contributed by atoms with van der Waals surface area (Å²) in [7, 11) is 1.75. The van der Waals surface area contributed by atoms with Gasteiger partial charge in [0.05, 0.1) is 8.07 Å². The highest BCUT2D eigenvalue weighted by Gasteiger charge is 2.24. The topological polar surface area (TPSA) is 32.3 Å². The molecule has 0 saturated heterocycles. The van der Waals surface area contributed by atoms with Gasteiger partial charge in [0.1, 0.15) is 5.82 Å². The normalized spacial score (nSPS) is 11.7. The molecule has 1 N–H and O–H groups in total. The van der Waals surface area contributed by atoms with Crippen molar-refractivity contribution in [2.75, 3.05) is 14.1 Å². The molecule has 1 aromatic carbocycles. The number of nitrogens with zero attached hydrogens (tertiary/aromatic N) is 1. The Kier molecular flexibility index (Phi) is 4.06. The van der Waals surface area contributed by atoms with Crippen LogP contribution < -0.4 is 10.6 Å². The number of halogens is 1. The molecule has 0 aliphatic carbocycles. The third-order valence-corrected chi connectivity index (χ3v) is 4.39. The molecule has 0 heterocycles. The molecule has 0 fully saturated rings. The Morgan fingerprint density at radius 3 is 2.35 bits per heavy atom. The lowest BCUT2D eigenvalue weighted by Crippen LogP contribution is -2.45. The maximum atomic E-state index is 13.3. The Morgan fingerprint density at radius 1 is 1.29 bits per heavy atom. The minimum absolute atomic E-state index is 0.188. The van der Waals surface area contributed by atoms with Crippen LogP contribution in [0.25, 0.3) is 0 Å². The molecule has 0 aliphatic rings. The number of carbonyl (C=O) groups excluding carboxylic acids is 1. The molecule has 1 amide bonds. The van der Waals surface area contributed by atoms with Crippen molar-refractivity contribution < 1.29 is 9.18 Å². The van der Waals surface area contributed by atoms with Crippen LogP contribution in [0.5, 0.6) is 0 Å². The number of carbonyl (C=O) groups is 1. The first-order valence-electron chi connectivity index (χ1n) is 5.50. The molecule has 17 heavy (non-hydrogen) atoms. The second kappa shape index (κ2) is 4.97. The maximum Gasteiger partial charge on any atom is 0.265 e. The van der Waals surface area contributed by atoms with E-state index in [2.05, 4.69) is 25.1 Å². The molecule has 1 aromatic rings. The summed E-state index contributed by atoms with van der Waals surface area (Å²) in [4.78, 5) is 12.0. The standard InChI is InChI=1S/C12H19FN2OSi/c1-15(2)14-12(16)10-7-6-9(13)8-11(10)17(3,4)5/h6-8H,1-5H3,(H,14,16). The predicted molar refractivity (Wildman–Crippen MR) is 70.5 cm³/mol. The zero-order valence-corrected chi connectivity index (χ0v) is 12.0. The maximum absolute atomic E-state index is 13.3. The first kappa shape index (κ1) is 13.9. The highest BCUT2D eigenvalue weighted by molar-refractivity contribution is 6.89. The second-order valence-electron chi connectivity index (χ2n) is 5.28. The fourth-order valence-corrected chi connectivity index (χ4v) is 3.17. The smallest absolute Gasteiger partial charge is 0.265 e. The highest BCUT2D eigenvalue weighted by atomic mass is 28.3. The van der Waals surface area contributed by atoms with Gasteiger partial charge in [0.25, 0.3) is 5.91 Å². The van der Waals surface area contributed by atoms with Crippen molar-refractivity contribution in [1.82, 2.24) is 10.4 Å². The van der Waals surface area contributed by atoms with Crippen LogP contribution in [0.4, 0.5) is 4.39 Å². The van der Waals surface area contributed by atoms with Crippen molar-refractivity contribution in [3.63, 3.8) is 0 Å². The summed E-state index contributed by atoms with van der Waals surface area (Å²) in [6, 6.07) is 4.37. The average molecular weight is 254 g/mol. The quantitative estimate of drug-likeness (QED) is 0.656. The van der Waals surface area contributed by atoms with Gasteiger partial charge in [-0.05, 0) is 23.4 Å². The summed E-state index contributed by atoms with van der Waals surface area (Å²) < 4.78 is 13.3. The number of hydrogen-bond donors (Lipinski definition) is 1. The number of benzene rings is 1. The Morgan fingerprint density at radius 2 is 1.88 bits per heavy atom. The lowest BCUT2D eigenvalue weighted by molar-refractivity contribution is 0.0858. The van der Waals surface area contributed by atoms with E-state index < -0.39 is 8.07 Å². The van der Waals surface area contributed by atoms with E-state index in [1.165, 1.54) is 12.1 Å². The summed E-state index contributed by atoms with van der Waals surface area (Å²) in [5.41, 5.74) is 3.25. The number of amides is 1. The average Bonchev–Trinajstić information content (AvgIpc) is 2.14. The molecule has 5 heteroatoms. The summed E-state index contributed by atoms with van der Waals surface area (Å²) in [5, 5.41) is 2.43. The Bertz CT molecular complexity index is 427. The lowest BCUT2D eigenvalue weighted by Gasteiger charge is -2.21. The molecular weight excluding hydrogens is 235 g/mol. The molecule has 0 unspecified atom stereocenters. The first-order valence-corrected chi connectivity index (χ1v) is 9.00. The van der Waals surface area contributed by atoms with Crippen LogP contribution in [0.2, 0.25) is 19.6 Å². The molecule has 0 spiro atoms. The van der Waals surface area contributed by atoms with Gasteiger partial charge in [0.2, 0.25) is 0 Å². The SMILES string of the molecule is CN(C)NC(=O)c1ccc(F)cc1[Si](C)(C)C. The number of rotatable bonds is 3. The van der Waals surface area contributed by atoms with Gasteiger partial charge in [0.15, 0.2) is 0 Å². The molecule has 0 bridgehead atoms. The lowest BCUT2D eigenvalue weighted by atomic mass is 10.2. The summed E-state index contributed by atoms with van der Waals surface area (Å²) >= 11 is 0. The molecule has 3 nitrogen and oxygen atoms in total. The first-order chi connectivity index (χ1) is 7.71. The van der Waals surface area contributed by atoms with Crippen molar-refractivity contribution in [3.8, 4) is 0 Å². The molecule has 0 aromatic heterocycles. The molecule has 0 aliphatic heterocycles. The van der Waals surface area contributed by atoms with Crippen molar-refractivity contribution in [2.45, 2.75) is 19.6 Å². The van der Waals surface area contributed by atoms with Gasteiger partial charge in [-0.15, -0.1) is 0 Å². The van der Waals surface area contributed by atoms with Crippen molar-refractivity contribution >= 4 is 19.2 Å². The zero-order chi connectivity index (χ0) is 13.2. The van der Waals surface area contributed by atoms with E-state index in [9.17, 15) is 9.18 Å². The van der Waals surface area contributed by atoms with Crippen LogP contribution in [0.3, 0.4) is 0 Å². The van der Waals surface area contributed by atoms with Crippen LogP contribution in [-0.4, -0.2) is 33.1 Å². The summed E-state index contributed by atoms with van der Waals surface area (Å²) in [6.45, 7) is 6.27. The number of nitrogens with one attached hydrogen (secondary N) is 1. The fraction of sp³-hybridized carbons (Fsp3) is 0.417. The van der Waals surface area contributed by atoms with Crippen molar-refractivity contribution in [1.29, 1.82) is 0 Å². The monoisotopic (exact) mass is 254 g/mol. The molecule has 0 atom stereocenters. The van der Waals surface area contributed by atoms with Gasteiger partial charge in [-0.3, -0.25) is 10.2 Å². The fourth-order valence-electron chi connectivity index (χ4n) is 1.60. The molecule has 1 rings (SSSR count). The van der Waals surface area contributed by atoms with Crippen LogP contribution in [0, 0.1) is 5.82 Å². The Labute approximate surface area is 103 Å². The molecule has 0 saturated carbocycles. The highest BCUT2D eigenvalue weighted by Crippen LogP contribution is 2.09. The third-order valence-electron chi connectivity index (χ3n) is 2.36. The van der Waals surface area contributed by atoms with E-state index in [1.807, 2.05) is 0 Å². The third kappa shape index (κ3) is 3.64. The Balaban J connectivity index is 3.20. The summed E-state index contributed by atoms with van der Waals surface area (Å²) in [6.07, 6.45) is 0. The van der Waals surface area contributed by atoms with E-state index in [0.29, 0.717) is 5.56 Å². The van der Waals surface area contributed by atoms with E-state index in [1.54, 1.807) is 25.2 Å². The Hall–Kier alpha value is -1.20. The van der Waals surface area contributed by atoms with E-state index in [0.717, 1.165) is 5.19 Å². The van der Waals surface area contributed by atoms with E-state index in [-0.39, 0.29) is 11.7 Å². The number of hydrogen-bond acceptors (Lipinski definition) is 2. The number of hydrazine groups is 1. The van der Waals surface area contributed by atoms with Gasteiger partial charge < -0.3 is 0 Å². The molecular formula is C12H19FN2OSi. The van der Waals surface area contributed by atoms with Crippen LogP contribution in [0.15, 0.2) is 18.2 Å². The molecule has 94 valence electrons. The van der Waals surface area contributed by atoms with Crippen molar-refractivity contribution in [3.05, 3.63) is 29.6 Å². The predicted octanol–water partition coefficient (Wildman–Crippen LogP) is 1.58. The van der Waals surface area contributed by atoms with Crippen LogP contribution in [-0.2, 0) is 0 Å². The van der Waals surface area contributed by atoms with Crippen molar-refractivity contribution in [2.24, 2.45) is 0 Å². The van der Waals surface area contributed by atoms with Gasteiger partial charge in [-0.25, -0.2) is 9.40 Å². The second-order valence-corrected chi connectivity index (χ2v) is 10.3. The van der Waals surface area contributed by atoms with Gasteiger partial charge in [-0.2, -0.15) is 0 Å². The summed E-state index contributed by atoms with van der Waals surface area (Å²) in [5.74, 6) is -0.476. The van der Waals surface area contributed by atoms with Gasteiger partial charge in [-0.1, -0.05) is 19.6 Å². The van der Waals surface area contributed by atoms with E-state index >= 15 is 0 Å². The molecule has 0 radical (unpaired) electrons. The van der Waals surface area contributed by atoms with Crippen LogP contribution >= 0.6 is 0 Å². The largest absolute Gasteiger partial charge is 0.285 e. The minimum atomic E-state index is -1.74. The minimum Gasteiger partial charge on any atom is -0.285 e. The van der Waals surface area contributed by atoms with E-state index in [4.69, 9.17) is 0 Å². The zero-order valence-electron chi connectivity index (χ0n) is 11.0. The van der Waals surface area contributed by atoms with Crippen LogP contribution in [0.1, 0.15) is 10.4 Å². The van der Waals surface area contributed by atoms with Gasteiger partial charge in [0, 0.05) is 19.7 Å².